The Labute approximate surface area is 91.7 Å². The van der Waals surface area contributed by atoms with Gasteiger partial charge >= 0.3 is 18.9 Å². The molecule has 0 aromatic heterocycles. The molecule has 0 bridgehead atoms. The third-order valence-electron chi connectivity index (χ3n) is 2.51. The number of hydrogen-bond donors (Lipinski definition) is 0. The molecule has 0 saturated carbocycles. The van der Waals surface area contributed by atoms with Crippen molar-refractivity contribution in [3.05, 3.63) is 0 Å². The smallest absolute Gasteiger partial charge is 0.550 e. The van der Waals surface area contributed by atoms with E-state index in [2.05, 4.69) is 4.90 Å². The monoisotopic (exact) mass is 177 g/mol. The van der Waals surface area contributed by atoms with E-state index in [1.54, 1.807) is 0 Å². The molecule has 1 heterocycles. The first kappa shape index (κ1) is 13.0. The topological polar surface area (TPSA) is 43.4 Å². The van der Waals surface area contributed by atoms with Crippen LogP contribution in [0.3, 0.4) is 0 Å². The number of carbonyl (C=O) groups is 1. The van der Waals surface area contributed by atoms with Gasteiger partial charge in [0.25, 0.3) is 0 Å². The minimum Gasteiger partial charge on any atom is -0.550 e. The Morgan fingerprint density at radius 2 is 2.00 bits per heavy atom. The SMILES string of the molecule is CC(C)C(CN1CCC1)C(=O)[O-].[Li+]. The average Bonchev–Trinajstić information content (AvgIpc) is 1.82. The van der Waals surface area contributed by atoms with E-state index in [9.17, 15) is 9.90 Å². The molecule has 0 spiro atoms. The Hall–Kier alpha value is 0.0274. The van der Waals surface area contributed by atoms with Crippen LogP contribution in [0.2, 0.25) is 0 Å². The Morgan fingerprint density at radius 1 is 1.46 bits per heavy atom. The molecule has 3 nitrogen and oxygen atoms in total. The first-order chi connectivity index (χ1) is 5.61. The third-order valence-corrected chi connectivity index (χ3v) is 2.51. The Bertz CT molecular complexity index is 169. The van der Waals surface area contributed by atoms with Crippen LogP contribution in [0.1, 0.15) is 20.3 Å². The molecule has 4 heteroatoms. The van der Waals surface area contributed by atoms with Crippen molar-refractivity contribution in [1.29, 1.82) is 0 Å². The van der Waals surface area contributed by atoms with Crippen molar-refractivity contribution in [2.24, 2.45) is 11.8 Å². The van der Waals surface area contributed by atoms with E-state index in [0.717, 1.165) is 13.1 Å². The van der Waals surface area contributed by atoms with Gasteiger partial charge in [-0.25, -0.2) is 0 Å². The molecule has 1 aliphatic heterocycles. The molecule has 0 radical (unpaired) electrons. The van der Waals surface area contributed by atoms with Gasteiger partial charge in [-0.3, -0.25) is 0 Å². The number of likely N-dealkylation sites (tertiary alicyclic amines) is 1. The van der Waals surface area contributed by atoms with Crippen molar-refractivity contribution in [3.8, 4) is 0 Å². The Balaban J connectivity index is 0.00000144. The van der Waals surface area contributed by atoms with Crippen LogP contribution in [-0.4, -0.2) is 30.5 Å². The summed E-state index contributed by atoms with van der Waals surface area (Å²) in [5.41, 5.74) is 0. The molecule has 0 amide bonds. The van der Waals surface area contributed by atoms with Gasteiger partial charge in [0, 0.05) is 18.4 Å². The first-order valence-electron chi connectivity index (χ1n) is 4.54. The number of carboxylic acid groups (broad SMARTS) is 1. The van der Waals surface area contributed by atoms with E-state index >= 15 is 0 Å². The number of nitrogens with zero attached hydrogens (tertiary/aromatic N) is 1. The summed E-state index contributed by atoms with van der Waals surface area (Å²) < 4.78 is 0. The maximum Gasteiger partial charge on any atom is 1.00 e. The molecule has 1 saturated heterocycles. The van der Waals surface area contributed by atoms with Gasteiger partial charge in [0.2, 0.25) is 0 Å². The van der Waals surface area contributed by atoms with Crippen LogP contribution in [0.5, 0.6) is 0 Å². The predicted molar refractivity (Wildman–Crippen MR) is 44.4 cm³/mol. The van der Waals surface area contributed by atoms with Crippen molar-refractivity contribution >= 4 is 5.97 Å². The summed E-state index contributed by atoms with van der Waals surface area (Å²) in [7, 11) is 0. The van der Waals surface area contributed by atoms with Gasteiger partial charge in [-0.2, -0.15) is 0 Å². The quantitative estimate of drug-likeness (QED) is 0.423. The maximum atomic E-state index is 10.7. The molecule has 0 N–H and O–H groups in total. The van der Waals surface area contributed by atoms with Gasteiger partial charge in [0.15, 0.2) is 0 Å². The Morgan fingerprint density at radius 3 is 2.23 bits per heavy atom. The number of carboxylic acids is 1. The summed E-state index contributed by atoms with van der Waals surface area (Å²) in [6.45, 7) is 6.63. The van der Waals surface area contributed by atoms with E-state index in [-0.39, 0.29) is 30.7 Å². The second kappa shape index (κ2) is 5.69. The van der Waals surface area contributed by atoms with E-state index in [1.807, 2.05) is 13.8 Å². The van der Waals surface area contributed by atoms with Crippen LogP contribution < -0.4 is 24.0 Å². The second-order valence-electron chi connectivity index (χ2n) is 3.82. The van der Waals surface area contributed by atoms with E-state index in [1.165, 1.54) is 6.42 Å². The number of aliphatic carboxylic acids is 1. The zero-order valence-corrected chi connectivity index (χ0v) is 8.75. The van der Waals surface area contributed by atoms with Gasteiger partial charge < -0.3 is 14.8 Å². The van der Waals surface area contributed by atoms with E-state index in [0.29, 0.717) is 6.54 Å². The fourth-order valence-electron chi connectivity index (χ4n) is 1.40. The summed E-state index contributed by atoms with van der Waals surface area (Å²) in [6, 6.07) is 0. The van der Waals surface area contributed by atoms with Gasteiger partial charge in [-0.05, 0) is 25.4 Å². The van der Waals surface area contributed by atoms with Gasteiger partial charge in [-0.15, -0.1) is 0 Å². The van der Waals surface area contributed by atoms with Crippen molar-refractivity contribution in [3.63, 3.8) is 0 Å². The van der Waals surface area contributed by atoms with Crippen LogP contribution in [0, 0.1) is 11.8 Å². The molecule has 13 heavy (non-hydrogen) atoms. The van der Waals surface area contributed by atoms with Gasteiger partial charge in [0.05, 0.1) is 0 Å². The van der Waals surface area contributed by atoms with Gasteiger partial charge in [0.1, 0.15) is 0 Å². The standard InChI is InChI=1S/C9H17NO2.Li/c1-7(2)8(9(11)12)6-10-4-3-5-10;/h7-8H,3-6H2,1-2H3,(H,11,12);/q;+1/p-1. The van der Waals surface area contributed by atoms with Crippen LogP contribution in [-0.2, 0) is 4.79 Å². The van der Waals surface area contributed by atoms with Gasteiger partial charge in [-0.1, -0.05) is 13.8 Å². The first-order valence-corrected chi connectivity index (χ1v) is 4.54. The van der Waals surface area contributed by atoms with Crippen LogP contribution in [0.4, 0.5) is 0 Å². The molecule has 1 aliphatic rings. The molecule has 0 aromatic carbocycles. The summed E-state index contributed by atoms with van der Waals surface area (Å²) in [5.74, 6) is -1.03. The van der Waals surface area contributed by atoms with Crippen LogP contribution >= 0.6 is 0 Å². The second-order valence-corrected chi connectivity index (χ2v) is 3.82. The zero-order valence-electron chi connectivity index (χ0n) is 8.75. The molecule has 1 unspecified atom stereocenters. The summed E-state index contributed by atoms with van der Waals surface area (Å²) in [4.78, 5) is 12.8. The zero-order chi connectivity index (χ0) is 9.14. The maximum absolute atomic E-state index is 10.7. The number of rotatable bonds is 4. The predicted octanol–water partition coefficient (Wildman–Crippen LogP) is -3.28. The molecule has 70 valence electrons. The summed E-state index contributed by atoms with van der Waals surface area (Å²) in [5, 5.41) is 10.7. The van der Waals surface area contributed by atoms with E-state index < -0.39 is 5.97 Å². The molecule has 0 aliphatic carbocycles. The van der Waals surface area contributed by atoms with Crippen LogP contribution in [0.15, 0.2) is 0 Å². The largest absolute Gasteiger partial charge is 1.00 e. The number of hydrogen-bond acceptors (Lipinski definition) is 3. The average molecular weight is 177 g/mol. The molecule has 1 rings (SSSR count). The number of carbonyl (C=O) groups excluding carboxylic acids is 1. The minimum atomic E-state index is -0.906. The van der Waals surface area contributed by atoms with E-state index in [4.69, 9.17) is 0 Å². The Kier molecular flexibility index (Phi) is 5.71. The molecule has 0 aromatic rings. The van der Waals surface area contributed by atoms with Crippen LogP contribution in [0.25, 0.3) is 0 Å². The molecule has 1 atom stereocenters. The van der Waals surface area contributed by atoms with Crippen molar-refractivity contribution in [2.45, 2.75) is 20.3 Å². The molecule has 1 fully saturated rings. The summed E-state index contributed by atoms with van der Waals surface area (Å²) >= 11 is 0. The fourth-order valence-corrected chi connectivity index (χ4v) is 1.40. The fraction of sp³-hybridized carbons (Fsp3) is 0.889. The normalized spacial score (nSPS) is 19.0. The molecular formula is C9H16LiNO2. The van der Waals surface area contributed by atoms with Crippen molar-refractivity contribution < 1.29 is 28.8 Å². The molecular weight excluding hydrogens is 161 g/mol. The third kappa shape index (κ3) is 3.72. The van der Waals surface area contributed by atoms with Crippen molar-refractivity contribution in [2.75, 3.05) is 19.6 Å². The summed E-state index contributed by atoms with van der Waals surface area (Å²) in [6.07, 6.45) is 1.21. The van der Waals surface area contributed by atoms with Crippen molar-refractivity contribution in [1.82, 2.24) is 4.90 Å². The minimum absolute atomic E-state index is 0.